The Morgan fingerprint density at radius 1 is 1.47 bits per heavy atom. The number of hydrogen-bond acceptors (Lipinski definition) is 2. The van der Waals surface area contributed by atoms with E-state index >= 15 is 0 Å². The van der Waals surface area contributed by atoms with E-state index in [9.17, 15) is 9.59 Å². The highest BCUT2D eigenvalue weighted by molar-refractivity contribution is 6.41. The summed E-state index contributed by atoms with van der Waals surface area (Å²) in [5.41, 5.74) is 0.317. The van der Waals surface area contributed by atoms with E-state index in [0.717, 1.165) is 0 Å². The van der Waals surface area contributed by atoms with Crippen LogP contribution in [0, 0.1) is 0 Å². The van der Waals surface area contributed by atoms with Crippen molar-refractivity contribution >= 4 is 35.0 Å². The topological polar surface area (TPSA) is 74.0 Å². The van der Waals surface area contributed by atoms with Crippen molar-refractivity contribution in [3.8, 4) is 0 Å². The normalized spacial score (nSPS) is 19.9. The summed E-state index contributed by atoms with van der Waals surface area (Å²) >= 11 is 11.4. The standard InChI is InChI=1S/C10H11Cl2N3O2/c11-6-3-7(15-9(6)12)10(17)14-5-1-2-8(16)13-4-5/h3,5,15H,1-2,4H2,(H,13,16)(H,14,17). The van der Waals surface area contributed by atoms with Gasteiger partial charge in [0, 0.05) is 19.0 Å². The van der Waals surface area contributed by atoms with Crippen LogP contribution in [0.3, 0.4) is 0 Å². The average molecular weight is 276 g/mol. The first-order chi connectivity index (χ1) is 8.06. The maximum atomic E-state index is 11.8. The number of aromatic nitrogens is 1. The molecule has 1 aromatic heterocycles. The Bertz CT molecular complexity index is 429. The third-order valence-electron chi connectivity index (χ3n) is 2.57. The first kappa shape index (κ1) is 12.3. The van der Waals surface area contributed by atoms with Crippen LogP contribution in [0.2, 0.25) is 10.2 Å². The van der Waals surface area contributed by atoms with Gasteiger partial charge in [-0.15, -0.1) is 0 Å². The maximum Gasteiger partial charge on any atom is 0.268 e. The lowest BCUT2D eigenvalue weighted by Crippen LogP contribution is -2.47. The van der Waals surface area contributed by atoms with Crippen molar-refractivity contribution in [1.82, 2.24) is 15.6 Å². The highest BCUT2D eigenvalue weighted by Crippen LogP contribution is 2.21. The van der Waals surface area contributed by atoms with Crippen LogP contribution < -0.4 is 10.6 Å². The van der Waals surface area contributed by atoms with Gasteiger partial charge in [-0.2, -0.15) is 0 Å². The molecule has 1 aromatic rings. The van der Waals surface area contributed by atoms with Crippen molar-refractivity contribution in [3.63, 3.8) is 0 Å². The number of nitrogens with one attached hydrogen (secondary N) is 3. The van der Waals surface area contributed by atoms with Crippen LogP contribution in [0.5, 0.6) is 0 Å². The molecule has 2 heterocycles. The molecule has 0 bridgehead atoms. The van der Waals surface area contributed by atoms with Crippen molar-refractivity contribution in [2.24, 2.45) is 0 Å². The molecule has 0 aliphatic carbocycles. The van der Waals surface area contributed by atoms with Gasteiger partial charge in [0.25, 0.3) is 5.91 Å². The lowest BCUT2D eigenvalue weighted by atomic mass is 10.1. The summed E-state index contributed by atoms with van der Waals surface area (Å²) in [5.74, 6) is -0.263. The van der Waals surface area contributed by atoms with Crippen molar-refractivity contribution in [1.29, 1.82) is 0 Å². The molecule has 5 nitrogen and oxygen atoms in total. The smallest absolute Gasteiger partial charge is 0.268 e. The SMILES string of the molecule is O=C1CCC(NC(=O)c2cc(Cl)c(Cl)[nH]2)CN1. The van der Waals surface area contributed by atoms with Crippen LogP contribution in [0.15, 0.2) is 6.07 Å². The number of carbonyl (C=O) groups is 2. The minimum absolute atomic E-state index is 0.0152. The van der Waals surface area contributed by atoms with E-state index in [2.05, 4.69) is 15.6 Å². The quantitative estimate of drug-likeness (QED) is 0.762. The maximum absolute atomic E-state index is 11.8. The van der Waals surface area contributed by atoms with Gasteiger partial charge in [-0.05, 0) is 12.5 Å². The predicted octanol–water partition coefficient (Wildman–Crippen LogP) is 1.33. The summed E-state index contributed by atoms with van der Waals surface area (Å²) in [5, 5.41) is 6.04. The highest BCUT2D eigenvalue weighted by atomic mass is 35.5. The molecule has 1 unspecified atom stereocenters. The first-order valence-electron chi connectivity index (χ1n) is 5.18. The summed E-state index contributed by atoms with van der Waals surface area (Å²) in [7, 11) is 0. The molecule has 1 fully saturated rings. The van der Waals surface area contributed by atoms with Crippen molar-refractivity contribution in [2.75, 3.05) is 6.54 Å². The van der Waals surface area contributed by atoms with Gasteiger partial charge in [0.05, 0.1) is 5.02 Å². The molecule has 92 valence electrons. The Morgan fingerprint density at radius 3 is 2.76 bits per heavy atom. The summed E-state index contributed by atoms with van der Waals surface area (Å²) < 4.78 is 0. The Balaban J connectivity index is 1.95. The number of carbonyl (C=O) groups excluding carboxylic acids is 2. The Hall–Kier alpha value is -1.20. The van der Waals surface area contributed by atoms with Crippen molar-refractivity contribution in [2.45, 2.75) is 18.9 Å². The number of H-pyrrole nitrogens is 1. The van der Waals surface area contributed by atoms with E-state index in [1.54, 1.807) is 0 Å². The van der Waals surface area contributed by atoms with Crippen molar-refractivity contribution in [3.05, 3.63) is 21.9 Å². The fraction of sp³-hybridized carbons (Fsp3) is 0.400. The molecule has 7 heteroatoms. The molecular weight excluding hydrogens is 265 g/mol. The number of amides is 2. The molecule has 1 atom stereocenters. The summed E-state index contributed by atoms with van der Waals surface area (Å²) in [6.07, 6.45) is 1.07. The predicted molar refractivity (Wildman–Crippen MR) is 64.3 cm³/mol. The van der Waals surface area contributed by atoms with Crippen LogP contribution in [-0.2, 0) is 4.79 Å². The molecule has 1 aliphatic rings. The zero-order valence-corrected chi connectivity index (χ0v) is 10.4. The fourth-order valence-corrected chi connectivity index (χ4v) is 1.96. The summed E-state index contributed by atoms with van der Waals surface area (Å²) in [6.45, 7) is 0.451. The van der Waals surface area contributed by atoms with Gasteiger partial charge < -0.3 is 15.6 Å². The lowest BCUT2D eigenvalue weighted by Gasteiger charge is -2.23. The minimum Gasteiger partial charge on any atom is -0.354 e. The second-order valence-electron chi connectivity index (χ2n) is 3.86. The molecule has 0 radical (unpaired) electrons. The van der Waals surface area contributed by atoms with Crippen molar-refractivity contribution < 1.29 is 9.59 Å². The van der Waals surface area contributed by atoms with Crippen LogP contribution in [0.25, 0.3) is 0 Å². The van der Waals surface area contributed by atoms with Gasteiger partial charge in [0.2, 0.25) is 5.91 Å². The second kappa shape index (κ2) is 4.98. The molecular formula is C10H11Cl2N3O2. The van der Waals surface area contributed by atoms with Crippen LogP contribution >= 0.6 is 23.2 Å². The molecule has 0 spiro atoms. The second-order valence-corrected chi connectivity index (χ2v) is 4.64. The van der Waals surface area contributed by atoms with E-state index in [4.69, 9.17) is 23.2 Å². The first-order valence-corrected chi connectivity index (χ1v) is 5.93. The number of aromatic amines is 1. The van der Waals surface area contributed by atoms with Gasteiger partial charge >= 0.3 is 0 Å². The molecule has 1 saturated heterocycles. The van der Waals surface area contributed by atoms with Gasteiger partial charge in [0.1, 0.15) is 10.8 Å². The third-order valence-corrected chi connectivity index (χ3v) is 3.26. The van der Waals surface area contributed by atoms with Crippen LogP contribution in [-0.4, -0.2) is 29.4 Å². The van der Waals surface area contributed by atoms with Gasteiger partial charge in [-0.1, -0.05) is 23.2 Å². The zero-order valence-electron chi connectivity index (χ0n) is 8.85. The molecule has 0 saturated carbocycles. The lowest BCUT2D eigenvalue weighted by molar-refractivity contribution is -0.122. The minimum atomic E-state index is -0.278. The number of rotatable bonds is 2. The zero-order chi connectivity index (χ0) is 12.4. The molecule has 1 aliphatic heterocycles. The largest absolute Gasteiger partial charge is 0.354 e. The Morgan fingerprint density at radius 2 is 2.24 bits per heavy atom. The Kier molecular flexibility index (Phi) is 3.59. The van der Waals surface area contributed by atoms with E-state index in [1.165, 1.54) is 6.07 Å². The third kappa shape index (κ3) is 2.92. The van der Waals surface area contributed by atoms with Crippen LogP contribution in [0.1, 0.15) is 23.3 Å². The number of hydrogen-bond donors (Lipinski definition) is 3. The average Bonchev–Trinajstić information content (AvgIpc) is 2.63. The fourth-order valence-electron chi connectivity index (χ4n) is 1.65. The van der Waals surface area contributed by atoms with E-state index in [-0.39, 0.29) is 23.0 Å². The molecule has 2 rings (SSSR count). The summed E-state index contributed by atoms with van der Waals surface area (Å²) in [6, 6.07) is 1.42. The molecule has 2 amide bonds. The van der Waals surface area contributed by atoms with Crippen LogP contribution in [0.4, 0.5) is 0 Å². The van der Waals surface area contributed by atoms with Gasteiger partial charge in [-0.3, -0.25) is 9.59 Å². The number of halogens is 2. The monoisotopic (exact) mass is 275 g/mol. The molecule has 17 heavy (non-hydrogen) atoms. The van der Waals surface area contributed by atoms with Gasteiger partial charge in [-0.25, -0.2) is 0 Å². The van der Waals surface area contributed by atoms with Gasteiger partial charge in [0.15, 0.2) is 0 Å². The summed E-state index contributed by atoms with van der Waals surface area (Å²) in [4.78, 5) is 25.4. The highest BCUT2D eigenvalue weighted by Gasteiger charge is 2.21. The van der Waals surface area contributed by atoms with E-state index in [1.807, 2.05) is 0 Å². The number of piperidine rings is 1. The molecule has 3 N–H and O–H groups in total. The van der Waals surface area contributed by atoms with E-state index in [0.29, 0.717) is 30.1 Å². The Labute approximate surface area is 108 Å². The van der Waals surface area contributed by atoms with E-state index < -0.39 is 0 Å². The molecule has 0 aromatic carbocycles.